The first-order chi connectivity index (χ1) is 36.1. The summed E-state index contributed by atoms with van der Waals surface area (Å²) in [5.41, 5.74) is 8.04. The molecule has 16 nitrogen and oxygen atoms in total. The highest BCUT2D eigenvalue weighted by atomic mass is 16.6. The molecule has 10 rings (SSSR count). The molecule has 16 heteroatoms. The highest BCUT2D eigenvalue weighted by Gasteiger charge is 2.75. The van der Waals surface area contributed by atoms with Gasteiger partial charge in [-0.25, -0.2) is 14.5 Å². The molecule has 4 aliphatic heterocycles. The van der Waals surface area contributed by atoms with E-state index in [1.54, 1.807) is 48.5 Å². The summed E-state index contributed by atoms with van der Waals surface area (Å²) in [7, 11) is 0. The topological polar surface area (TPSA) is 205 Å². The summed E-state index contributed by atoms with van der Waals surface area (Å²) in [5.74, 6) is 2.53. The maximum Gasteiger partial charge on any atom is 0.329 e. The van der Waals surface area contributed by atoms with E-state index in [1.807, 2.05) is 121 Å². The van der Waals surface area contributed by atoms with Gasteiger partial charge in [0.25, 0.3) is 0 Å². The number of benzene rings is 6. The number of aliphatic hydroxyl groups is 1. The van der Waals surface area contributed by atoms with E-state index in [0.29, 0.717) is 54.4 Å². The second kappa shape index (κ2) is 21.3. The number of amides is 6. The fourth-order valence-electron chi connectivity index (χ4n) is 11.1. The van der Waals surface area contributed by atoms with Gasteiger partial charge in [0.1, 0.15) is 29.9 Å². The molecule has 0 aromatic heterocycles. The van der Waals surface area contributed by atoms with Gasteiger partial charge in [0.2, 0.25) is 11.8 Å². The molecule has 1 spiro atoms. The number of primary amides is 1. The number of aliphatic hydroxyl groups excluding tert-OH is 1. The molecule has 376 valence electrons. The number of morpholine rings is 2. The van der Waals surface area contributed by atoms with Crippen LogP contribution in [0.3, 0.4) is 0 Å². The first-order valence-corrected chi connectivity index (χ1v) is 24.6. The second-order valence-electron chi connectivity index (χ2n) is 18.5. The van der Waals surface area contributed by atoms with Gasteiger partial charge in [-0.1, -0.05) is 115 Å². The van der Waals surface area contributed by atoms with Crippen LogP contribution in [0.1, 0.15) is 64.5 Å². The van der Waals surface area contributed by atoms with Crippen molar-refractivity contribution in [1.29, 1.82) is 0 Å². The SMILES string of the molecule is C[C@@H](NC(=O)N1C(=O)[C@@]2(c3cc(C#CCNC(N)=O)ccc31)[C@H](c1cccc(OCCO)c1)N1[C@H](c3ccccc3)[C@H](c3ccccc3)OC(=O)[C@H]1[C@@H]2C(=O)Nc1ccc(N2CCOCC2)cc1)c1ccccc1. The van der Waals surface area contributed by atoms with Crippen LogP contribution >= 0.6 is 0 Å². The van der Waals surface area contributed by atoms with Crippen molar-refractivity contribution < 1.29 is 43.3 Å². The van der Waals surface area contributed by atoms with Gasteiger partial charge in [-0.2, -0.15) is 0 Å². The number of rotatable bonds is 12. The first-order valence-electron chi connectivity index (χ1n) is 24.6. The number of nitrogens with zero attached hydrogens (tertiary/aromatic N) is 3. The van der Waals surface area contributed by atoms with E-state index in [1.165, 1.54) is 0 Å². The van der Waals surface area contributed by atoms with Gasteiger partial charge in [-0.3, -0.25) is 19.3 Å². The molecule has 4 aliphatic rings. The lowest BCUT2D eigenvalue weighted by Gasteiger charge is -2.46. The Hall–Kier alpha value is -8.49. The molecule has 7 atom stereocenters. The van der Waals surface area contributed by atoms with Crippen molar-refractivity contribution in [3.05, 3.63) is 191 Å². The summed E-state index contributed by atoms with van der Waals surface area (Å²) in [4.78, 5) is 80.6. The number of cyclic esters (lactones) is 1. The lowest BCUT2D eigenvalue weighted by Crippen LogP contribution is -2.55. The van der Waals surface area contributed by atoms with Gasteiger partial charge in [-0.15, -0.1) is 0 Å². The first kappa shape index (κ1) is 49.1. The Bertz CT molecular complexity index is 3110. The largest absolute Gasteiger partial charge is 0.491 e. The third-order valence-electron chi connectivity index (χ3n) is 14.2. The van der Waals surface area contributed by atoms with Crippen molar-refractivity contribution in [2.45, 2.75) is 42.6 Å². The van der Waals surface area contributed by atoms with Crippen LogP contribution in [-0.4, -0.2) is 92.0 Å². The normalized spacial score (nSPS) is 22.4. The number of ether oxygens (including phenoxy) is 3. The van der Waals surface area contributed by atoms with E-state index in [9.17, 15) is 9.90 Å². The van der Waals surface area contributed by atoms with Crippen molar-refractivity contribution in [1.82, 2.24) is 15.5 Å². The van der Waals surface area contributed by atoms with E-state index in [-0.39, 0.29) is 31.0 Å². The monoisotopic (exact) mass is 993 g/mol. The van der Waals surface area contributed by atoms with Crippen LogP contribution in [0.4, 0.5) is 26.7 Å². The van der Waals surface area contributed by atoms with Crippen LogP contribution in [0.15, 0.2) is 158 Å². The predicted octanol–water partition coefficient (Wildman–Crippen LogP) is 6.69. The minimum absolute atomic E-state index is 0.0437. The molecule has 4 heterocycles. The fourth-order valence-corrected chi connectivity index (χ4v) is 11.1. The highest BCUT2D eigenvalue weighted by Crippen LogP contribution is 2.66. The molecule has 0 radical (unpaired) electrons. The minimum atomic E-state index is -2.11. The summed E-state index contributed by atoms with van der Waals surface area (Å²) < 4.78 is 18.3. The van der Waals surface area contributed by atoms with Crippen molar-refractivity contribution in [2.75, 3.05) is 61.2 Å². The van der Waals surface area contributed by atoms with E-state index in [0.717, 1.165) is 21.7 Å². The molecule has 0 aliphatic carbocycles. The molecule has 6 N–H and O–H groups in total. The van der Waals surface area contributed by atoms with Crippen LogP contribution in [0, 0.1) is 17.8 Å². The third-order valence-corrected chi connectivity index (χ3v) is 14.2. The average molecular weight is 994 g/mol. The minimum Gasteiger partial charge on any atom is -0.491 e. The van der Waals surface area contributed by atoms with Crippen LogP contribution in [0.2, 0.25) is 0 Å². The Kier molecular flexibility index (Phi) is 14.1. The van der Waals surface area contributed by atoms with Crippen LogP contribution in [0.5, 0.6) is 5.75 Å². The number of imide groups is 1. The zero-order valence-corrected chi connectivity index (χ0v) is 40.6. The number of hydrogen-bond acceptors (Lipinski definition) is 11. The van der Waals surface area contributed by atoms with Gasteiger partial charge in [0.15, 0.2) is 0 Å². The lowest BCUT2D eigenvalue weighted by atomic mass is 9.65. The lowest BCUT2D eigenvalue weighted by molar-refractivity contribution is -0.177. The Morgan fingerprint density at radius 1 is 0.811 bits per heavy atom. The van der Waals surface area contributed by atoms with Crippen LogP contribution < -0.4 is 36.2 Å². The van der Waals surface area contributed by atoms with Crippen molar-refractivity contribution in [3.63, 3.8) is 0 Å². The Labute approximate surface area is 428 Å². The van der Waals surface area contributed by atoms with E-state index in [4.69, 9.17) is 19.9 Å². The molecule has 74 heavy (non-hydrogen) atoms. The molecule has 0 unspecified atom stereocenters. The van der Waals surface area contributed by atoms with Gasteiger partial charge in [0.05, 0.1) is 56.1 Å². The van der Waals surface area contributed by atoms with Crippen LogP contribution in [-0.2, 0) is 29.3 Å². The molecule has 0 saturated carbocycles. The third kappa shape index (κ3) is 9.28. The molecule has 0 bridgehead atoms. The van der Waals surface area contributed by atoms with E-state index in [2.05, 4.69) is 32.7 Å². The van der Waals surface area contributed by atoms with Gasteiger partial charge in [-0.05, 0) is 89.3 Å². The number of nitrogens with two attached hydrogens (primary N) is 1. The number of esters is 1. The maximum atomic E-state index is 16.8. The van der Waals surface area contributed by atoms with E-state index < -0.39 is 71.5 Å². The number of carbonyl (C=O) groups excluding carboxylic acids is 5. The molecular formula is C58H55N7O9. The van der Waals surface area contributed by atoms with Crippen LogP contribution in [0.25, 0.3) is 0 Å². The van der Waals surface area contributed by atoms with E-state index >= 15 is 19.2 Å². The summed E-state index contributed by atoms with van der Waals surface area (Å²) >= 11 is 0. The standard InChI is InChI=1S/C58H55N7O9/c1-37(39-14-5-2-6-15-39)61-57(71)64-47-27-22-38(13-12-28-60-56(59)70)35-46(47)58(55(64)69)48(53(67)62-43-23-25-44(26-24-43)63-29-32-72-33-30-63)50-54(68)74-51(41-18-9-4-10-19-41)49(40-16-7-3-8-17-40)65(50)52(58)42-20-11-21-45(36-42)73-34-31-66/h2-11,14-27,35-37,48-52,66H,28-34H2,1H3,(H,61,71)(H,62,67)(H3,59,60,70)/t37-,48-,49-,50-,51+,52+,58-/m1/s1. The average Bonchev–Trinajstić information content (AvgIpc) is 3.93. The maximum absolute atomic E-state index is 16.8. The quantitative estimate of drug-likeness (QED) is 0.0646. The number of urea groups is 2. The van der Waals surface area contributed by atoms with Gasteiger partial charge < -0.3 is 45.9 Å². The number of anilines is 3. The highest BCUT2D eigenvalue weighted by molar-refractivity contribution is 6.25. The summed E-state index contributed by atoms with van der Waals surface area (Å²) in [6.07, 6.45) is -0.956. The molecule has 6 aromatic carbocycles. The van der Waals surface area contributed by atoms with Crippen molar-refractivity contribution >= 4 is 46.9 Å². The van der Waals surface area contributed by atoms with Gasteiger partial charge >= 0.3 is 18.0 Å². The van der Waals surface area contributed by atoms with Gasteiger partial charge in [0, 0.05) is 30.0 Å². The molecule has 3 saturated heterocycles. The number of nitrogens with one attached hydrogen (secondary N) is 3. The second-order valence-corrected chi connectivity index (χ2v) is 18.5. The molecule has 6 aromatic rings. The molecule has 6 amide bonds. The Balaban J connectivity index is 1.23. The zero-order chi connectivity index (χ0) is 51.3. The van der Waals surface area contributed by atoms with Crippen molar-refractivity contribution in [2.24, 2.45) is 11.7 Å². The Morgan fingerprint density at radius 2 is 1.49 bits per heavy atom. The molecular weight excluding hydrogens is 939 g/mol. The summed E-state index contributed by atoms with van der Waals surface area (Å²) in [6, 6.07) is 41.8. The van der Waals surface area contributed by atoms with Crippen molar-refractivity contribution in [3.8, 4) is 17.6 Å². The Morgan fingerprint density at radius 3 is 2.18 bits per heavy atom. The predicted molar refractivity (Wildman–Crippen MR) is 277 cm³/mol. The number of hydrogen-bond donors (Lipinski definition) is 5. The summed E-state index contributed by atoms with van der Waals surface area (Å²) in [5, 5.41) is 18.5. The number of fused-ring (bicyclic) bond motifs is 3. The zero-order valence-electron chi connectivity index (χ0n) is 40.6. The number of carbonyl (C=O) groups is 5. The molecule has 3 fully saturated rings. The summed E-state index contributed by atoms with van der Waals surface area (Å²) in [6.45, 7) is 3.94. The fraction of sp³-hybridized carbons (Fsp3) is 0.259. The smallest absolute Gasteiger partial charge is 0.329 e.